The molecule has 0 saturated carbocycles. The second-order valence-corrected chi connectivity index (χ2v) is 5.95. The number of amides is 1. The van der Waals surface area contributed by atoms with Crippen LogP contribution in [0.25, 0.3) is 0 Å². The van der Waals surface area contributed by atoms with Crippen molar-refractivity contribution in [3.05, 3.63) is 47.9 Å². The number of anilines is 2. The Hall–Kier alpha value is -2.34. The molecule has 3 rings (SSSR count). The first-order chi connectivity index (χ1) is 11.1. The van der Waals surface area contributed by atoms with Crippen LogP contribution in [0.15, 0.2) is 41.0 Å². The van der Waals surface area contributed by atoms with E-state index < -0.39 is 0 Å². The predicted molar refractivity (Wildman–Crippen MR) is 94.5 cm³/mol. The summed E-state index contributed by atoms with van der Waals surface area (Å²) in [5.74, 6) is 1.03. The molecule has 6 heteroatoms. The number of benzene rings is 1. The normalized spacial score (nSPS) is 14.1. The number of nitrogens with one attached hydrogen (secondary N) is 2. The van der Waals surface area contributed by atoms with Gasteiger partial charge in [-0.3, -0.25) is 4.79 Å². The van der Waals surface area contributed by atoms with Crippen molar-refractivity contribution in [1.82, 2.24) is 5.32 Å². The molecular formula is C17H19N3O2S. The highest BCUT2D eigenvalue weighted by molar-refractivity contribution is 7.80. The highest BCUT2D eigenvalue weighted by Gasteiger charge is 2.22. The van der Waals surface area contributed by atoms with Crippen LogP contribution in [0.4, 0.5) is 11.4 Å². The van der Waals surface area contributed by atoms with Crippen LogP contribution in [-0.2, 0) is 11.3 Å². The first kappa shape index (κ1) is 15.6. The highest BCUT2D eigenvalue weighted by atomic mass is 32.1. The largest absolute Gasteiger partial charge is 0.467 e. The van der Waals surface area contributed by atoms with Crippen molar-refractivity contribution in [1.29, 1.82) is 0 Å². The van der Waals surface area contributed by atoms with Crippen molar-refractivity contribution < 1.29 is 9.21 Å². The van der Waals surface area contributed by atoms with Gasteiger partial charge in [-0.2, -0.15) is 0 Å². The molecule has 2 heterocycles. The standard InChI is InChI=1S/C17H19N3O2S/c1-12-10-13(6-7-15(12)20-8-2-5-16(20)21)19-17(23)18-11-14-4-3-9-22-14/h3-4,6-7,9-10H,2,5,8,11H2,1H3,(H2,18,19,23). The molecule has 2 aromatic rings. The van der Waals surface area contributed by atoms with Crippen LogP contribution in [0.3, 0.4) is 0 Å². The van der Waals surface area contributed by atoms with Crippen molar-refractivity contribution >= 4 is 34.6 Å². The molecule has 0 atom stereocenters. The van der Waals surface area contributed by atoms with Gasteiger partial charge in [-0.05, 0) is 61.5 Å². The summed E-state index contributed by atoms with van der Waals surface area (Å²) in [5, 5.41) is 6.77. The number of furan rings is 1. The Morgan fingerprint density at radius 3 is 2.91 bits per heavy atom. The fourth-order valence-corrected chi connectivity index (χ4v) is 2.88. The minimum atomic E-state index is 0.199. The van der Waals surface area contributed by atoms with Gasteiger partial charge in [0.2, 0.25) is 5.91 Å². The molecule has 1 aliphatic heterocycles. The van der Waals surface area contributed by atoms with E-state index in [2.05, 4.69) is 10.6 Å². The topological polar surface area (TPSA) is 57.5 Å². The van der Waals surface area contributed by atoms with Gasteiger partial charge in [0, 0.05) is 24.3 Å². The zero-order valence-corrected chi connectivity index (χ0v) is 13.8. The van der Waals surface area contributed by atoms with Crippen LogP contribution in [0, 0.1) is 6.92 Å². The van der Waals surface area contributed by atoms with Crippen molar-refractivity contribution in [2.75, 3.05) is 16.8 Å². The second kappa shape index (κ2) is 6.83. The number of nitrogens with zero attached hydrogens (tertiary/aromatic N) is 1. The molecule has 0 spiro atoms. The number of thiocarbonyl (C=S) groups is 1. The van der Waals surface area contributed by atoms with Crippen molar-refractivity contribution in [3.8, 4) is 0 Å². The Labute approximate surface area is 140 Å². The maximum absolute atomic E-state index is 11.9. The summed E-state index contributed by atoms with van der Waals surface area (Å²) >= 11 is 5.28. The molecule has 0 unspecified atom stereocenters. The number of aryl methyl sites for hydroxylation is 1. The smallest absolute Gasteiger partial charge is 0.227 e. The summed E-state index contributed by atoms with van der Waals surface area (Å²) in [6.07, 6.45) is 3.20. The van der Waals surface area contributed by atoms with Gasteiger partial charge in [-0.15, -0.1) is 0 Å². The molecule has 1 aliphatic rings. The molecule has 1 fully saturated rings. The Balaban J connectivity index is 1.61. The van der Waals surface area contributed by atoms with Crippen LogP contribution >= 0.6 is 12.2 Å². The van der Waals surface area contributed by atoms with Gasteiger partial charge >= 0.3 is 0 Å². The van der Waals surface area contributed by atoms with E-state index in [1.165, 1.54) is 0 Å². The SMILES string of the molecule is Cc1cc(NC(=S)NCc2ccco2)ccc1N1CCCC1=O. The van der Waals surface area contributed by atoms with E-state index in [0.717, 1.165) is 35.7 Å². The summed E-state index contributed by atoms with van der Waals surface area (Å²) in [5.41, 5.74) is 2.93. The summed E-state index contributed by atoms with van der Waals surface area (Å²) in [7, 11) is 0. The van der Waals surface area contributed by atoms with Crippen LogP contribution in [0.2, 0.25) is 0 Å². The number of carbonyl (C=O) groups excluding carboxylic acids is 1. The monoisotopic (exact) mass is 329 g/mol. The van der Waals surface area contributed by atoms with Crippen LogP contribution in [0.1, 0.15) is 24.2 Å². The van der Waals surface area contributed by atoms with E-state index in [0.29, 0.717) is 18.1 Å². The van der Waals surface area contributed by atoms with Gasteiger partial charge < -0.3 is 20.0 Å². The van der Waals surface area contributed by atoms with Crippen molar-refractivity contribution in [2.24, 2.45) is 0 Å². The van der Waals surface area contributed by atoms with E-state index in [1.807, 2.05) is 42.2 Å². The number of hydrogen-bond donors (Lipinski definition) is 2. The second-order valence-electron chi connectivity index (χ2n) is 5.54. The van der Waals surface area contributed by atoms with Gasteiger partial charge in [-0.1, -0.05) is 0 Å². The van der Waals surface area contributed by atoms with E-state index in [-0.39, 0.29) is 5.91 Å². The summed E-state index contributed by atoms with van der Waals surface area (Å²) in [6.45, 7) is 3.35. The third-order valence-electron chi connectivity index (χ3n) is 3.82. The average molecular weight is 329 g/mol. The van der Waals surface area contributed by atoms with Gasteiger partial charge in [0.05, 0.1) is 12.8 Å². The lowest BCUT2D eigenvalue weighted by Crippen LogP contribution is -2.28. The lowest BCUT2D eigenvalue weighted by Gasteiger charge is -2.19. The summed E-state index contributed by atoms with van der Waals surface area (Å²) in [4.78, 5) is 13.7. The first-order valence-electron chi connectivity index (χ1n) is 7.62. The van der Waals surface area contributed by atoms with Gasteiger partial charge in [-0.25, -0.2) is 0 Å². The molecule has 2 N–H and O–H groups in total. The Kier molecular flexibility index (Phi) is 4.62. The predicted octanol–water partition coefficient (Wildman–Crippen LogP) is 3.20. The quantitative estimate of drug-likeness (QED) is 0.844. The summed E-state index contributed by atoms with van der Waals surface area (Å²) in [6, 6.07) is 9.64. The average Bonchev–Trinajstić information content (AvgIpc) is 3.17. The maximum atomic E-state index is 11.9. The van der Waals surface area contributed by atoms with Crippen LogP contribution < -0.4 is 15.5 Å². The minimum absolute atomic E-state index is 0.199. The Bertz CT molecular complexity index is 713. The summed E-state index contributed by atoms with van der Waals surface area (Å²) < 4.78 is 5.25. The molecule has 120 valence electrons. The lowest BCUT2D eigenvalue weighted by atomic mass is 10.1. The van der Waals surface area contributed by atoms with Crippen LogP contribution in [0.5, 0.6) is 0 Å². The molecular weight excluding hydrogens is 310 g/mol. The molecule has 0 aliphatic carbocycles. The number of hydrogen-bond acceptors (Lipinski definition) is 3. The van der Waals surface area contributed by atoms with Crippen LogP contribution in [-0.4, -0.2) is 17.6 Å². The number of carbonyl (C=O) groups is 1. The van der Waals surface area contributed by atoms with E-state index in [4.69, 9.17) is 16.6 Å². The highest BCUT2D eigenvalue weighted by Crippen LogP contribution is 2.27. The van der Waals surface area contributed by atoms with Gasteiger partial charge in [0.1, 0.15) is 5.76 Å². The van der Waals surface area contributed by atoms with Gasteiger partial charge in [0.15, 0.2) is 5.11 Å². The Morgan fingerprint density at radius 2 is 2.26 bits per heavy atom. The van der Waals surface area contributed by atoms with E-state index in [1.54, 1.807) is 6.26 Å². The van der Waals surface area contributed by atoms with E-state index >= 15 is 0 Å². The molecule has 5 nitrogen and oxygen atoms in total. The first-order valence-corrected chi connectivity index (χ1v) is 8.02. The molecule has 23 heavy (non-hydrogen) atoms. The molecule has 1 aromatic carbocycles. The molecule has 1 amide bonds. The third-order valence-corrected chi connectivity index (χ3v) is 4.07. The van der Waals surface area contributed by atoms with Crippen molar-refractivity contribution in [2.45, 2.75) is 26.3 Å². The molecule has 0 radical (unpaired) electrons. The number of rotatable bonds is 4. The zero-order valence-electron chi connectivity index (χ0n) is 13.0. The molecule has 1 aromatic heterocycles. The van der Waals surface area contributed by atoms with Gasteiger partial charge in [0.25, 0.3) is 0 Å². The molecule has 0 bridgehead atoms. The third kappa shape index (κ3) is 3.71. The maximum Gasteiger partial charge on any atom is 0.227 e. The zero-order chi connectivity index (χ0) is 16.2. The minimum Gasteiger partial charge on any atom is -0.467 e. The molecule has 1 saturated heterocycles. The fourth-order valence-electron chi connectivity index (χ4n) is 2.69. The fraction of sp³-hybridized carbons (Fsp3) is 0.294. The van der Waals surface area contributed by atoms with Crippen molar-refractivity contribution in [3.63, 3.8) is 0 Å². The Morgan fingerprint density at radius 1 is 1.39 bits per heavy atom. The van der Waals surface area contributed by atoms with E-state index in [9.17, 15) is 4.79 Å². The lowest BCUT2D eigenvalue weighted by molar-refractivity contribution is -0.117.